The highest BCUT2D eigenvalue weighted by Gasteiger charge is 2.57. The van der Waals surface area contributed by atoms with Crippen LogP contribution in [-0.4, -0.2) is 157 Å². The number of aliphatic carboxylic acids is 1. The molecule has 3 N–H and O–H groups in total. The standard InChI is InChI=1S/C56H83NO17/c1-32-14-11-10-12-15-33(2)44(68-7)30-39-19-17-37(6)56(67,74-39)53(64)54(65)57-23-13-16-40-41(28-38-18-20-43(71-25-24-58)46(29-38)69-8)45(72-55(66)49(40)57)31-42(59)34(3)27-36(5)51(73-48(62)22-21-47(60)61)52(70-9)50(63)35(4)26-32/h10-12,14-15,27,32,34-35,37-41,43-46,49,51-52,58,67H,13,16-26,28-31H2,1-9H3,(H,60,61)/b12-10+,14-11+,33-15?,36-27+/t32-,34-,35-,37-,38+,39+,40?,41+,43-,44+,45+,46-,49+,51-,52+,56-/m1/s1. The van der Waals surface area contributed by atoms with Gasteiger partial charge in [-0.05, 0) is 101 Å². The maximum atomic E-state index is 14.6. The van der Waals surface area contributed by atoms with Crippen molar-refractivity contribution in [1.29, 1.82) is 0 Å². The summed E-state index contributed by atoms with van der Waals surface area (Å²) in [7, 11) is 4.48. The van der Waals surface area contributed by atoms with Crippen molar-refractivity contribution in [3.05, 3.63) is 47.6 Å². The van der Waals surface area contributed by atoms with Gasteiger partial charge in [-0.15, -0.1) is 0 Å². The van der Waals surface area contributed by atoms with Gasteiger partial charge in [-0.2, -0.15) is 0 Å². The number of piperidine rings is 1. The van der Waals surface area contributed by atoms with E-state index < -0.39 is 114 Å². The number of hydrogen-bond acceptors (Lipinski definition) is 16. The Morgan fingerprint density at radius 2 is 1.58 bits per heavy atom. The third-order valence-electron chi connectivity index (χ3n) is 16.1. The van der Waals surface area contributed by atoms with Crippen LogP contribution >= 0.6 is 0 Å². The number of esters is 2. The van der Waals surface area contributed by atoms with Gasteiger partial charge in [-0.1, -0.05) is 64.2 Å². The topological polar surface area (TPSA) is 248 Å². The maximum Gasteiger partial charge on any atom is 0.329 e. The number of ketones is 3. The summed E-state index contributed by atoms with van der Waals surface area (Å²) in [6, 6.07) is -1.19. The highest BCUT2D eigenvalue weighted by Crippen LogP contribution is 2.45. The number of rotatable bonds is 12. The van der Waals surface area contributed by atoms with Crippen molar-refractivity contribution in [2.75, 3.05) is 41.1 Å². The number of Topliss-reactive ketones (excluding diaryl/α,β-unsaturated/α-hetero) is 3. The van der Waals surface area contributed by atoms with Gasteiger partial charge >= 0.3 is 17.9 Å². The molecule has 414 valence electrons. The van der Waals surface area contributed by atoms with Gasteiger partial charge in [0.1, 0.15) is 17.9 Å². The zero-order valence-electron chi connectivity index (χ0n) is 44.9. The fourth-order valence-electron chi connectivity index (χ4n) is 11.8. The Balaban J connectivity index is 1.56. The van der Waals surface area contributed by atoms with Gasteiger partial charge in [-0.3, -0.25) is 28.8 Å². The molecule has 5 aliphatic rings. The number of aliphatic hydroxyl groups is 2. The molecule has 16 atom stereocenters. The molecule has 1 unspecified atom stereocenters. The Morgan fingerprint density at radius 3 is 2.26 bits per heavy atom. The van der Waals surface area contributed by atoms with Crippen molar-refractivity contribution in [3.63, 3.8) is 0 Å². The van der Waals surface area contributed by atoms with Crippen molar-refractivity contribution in [2.45, 2.75) is 180 Å². The molecule has 0 aromatic heterocycles. The number of nitrogens with zero attached hydrogens (tertiary/aromatic N) is 1. The van der Waals surface area contributed by atoms with Crippen LogP contribution in [0.4, 0.5) is 0 Å². The van der Waals surface area contributed by atoms with Crippen LogP contribution in [0.25, 0.3) is 0 Å². The number of ether oxygens (including phenoxy) is 7. The van der Waals surface area contributed by atoms with Crippen molar-refractivity contribution in [3.8, 4) is 0 Å². The Kier molecular flexibility index (Phi) is 22.9. The quantitative estimate of drug-likeness (QED) is 0.118. The van der Waals surface area contributed by atoms with Gasteiger partial charge in [0.2, 0.25) is 5.79 Å². The molecule has 1 amide bonds. The van der Waals surface area contributed by atoms with Crippen molar-refractivity contribution < 1.29 is 82.0 Å². The van der Waals surface area contributed by atoms with Gasteiger partial charge in [-0.25, -0.2) is 4.79 Å². The Labute approximate surface area is 436 Å². The van der Waals surface area contributed by atoms with Gasteiger partial charge in [0.15, 0.2) is 18.0 Å². The summed E-state index contributed by atoms with van der Waals surface area (Å²) in [5.74, 6) is -11.5. The second kappa shape index (κ2) is 28.1. The first-order chi connectivity index (χ1) is 35.2. The summed E-state index contributed by atoms with van der Waals surface area (Å²) in [4.78, 5) is 98.1. The Morgan fingerprint density at radius 1 is 0.838 bits per heavy atom. The Hall–Kier alpha value is -4.43. The largest absolute Gasteiger partial charge is 0.481 e. The molecular formula is C56H83NO17. The maximum absolute atomic E-state index is 14.6. The van der Waals surface area contributed by atoms with Crippen LogP contribution in [-0.2, 0) is 66.7 Å². The summed E-state index contributed by atoms with van der Waals surface area (Å²) in [6.45, 7) is 10.6. The van der Waals surface area contributed by atoms with Crippen LogP contribution in [0.3, 0.4) is 0 Å². The highest BCUT2D eigenvalue weighted by molar-refractivity contribution is 6.39. The summed E-state index contributed by atoms with van der Waals surface area (Å²) >= 11 is 0. The van der Waals surface area contributed by atoms with Gasteiger partial charge < -0.3 is 53.4 Å². The second-order valence-corrected chi connectivity index (χ2v) is 21.4. The van der Waals surface area contributed by atoms with Crippen LogP contribution in [0, 0.1) is 41.4 Å². The first-order valence-electron chi connectivity index (χ1n) is 26.6. The van der Waals surface area contributed by atoms with E-state index in [2.05, 4.69) is 0 Å². The summed E-state index contributed by atoms with van der Waals surface area (Å²) < 4.78 is 41.7. The average Bonchev–Trinajstić information content (AvgIpc) is 3.37. The van der Waals surface area contributed by atoms with Crippen molar-refractivity contribution in [2.24, 2.45) is 41.4 Å². The van der Waals surface area contributed by atoms with Crippen LogP contribution in [0.2, 0.25) is 0 Å². The zero-order valence-corrected chi connectivity index (χ0v) is 44.9. The number of carboxylic acids is 1. The number of methoxy groups -OCH3 is 3. The number of hydrogen-bond donors (Lipinski definition) is 3. The van der Waals surface area contributed by atoms with Crippen LogP contribution in [0.5, 0.6) is 0 Å². The molecule has 0 aromatic rings. The summed E-state index contributed by atoms with van der Waals surface area (Å²) in [5, 5.41) is 30.9. The van der Waals surface area contributed by atoms with Crippen LogP contribution < -0.4 is 0 Å². The molecule has 1 saturated carbocycles. The number of fused-ring (bicyclic) bond motifs is 3. The minimum atomic E-state index is -2.48. The first-order valence-corrected chi connectivity index (χ1v) is 26.6. The molecule has 0 spiro atoms. The van der Waals surface area contributed by atoms with E-state index in [1.165, 1.54) is 12.0 Å². The number of aliphatic hydroxyl groups excluding tert-OH is 1. The van der Waals surface area contributed by atoms with Gasteiger partial charge in [0.05, 0.1) is 50.5 Å². The van der Waals surface area contributed by atoms with E-state index in [0.717, 1.165) is 5.57 Å². The zero-order chi connectivity index (χ0) is 54.4. The van der Waals surface area contributed by atoms with Crippen LogP contribution in [0.15, 0.2) is 47.6 Å². The third-order valence-corrected chi connectivity index (χ3v) is 16.1. The Bertz CT molecular complexity index is 2100. The van der Waals surface area contributed by atoms with Gasteiger partial charge in [0, 0.05) is 64.4 Å². The lowest BCUT2D eigenvalue weighted by Gasteiger charge is -2.50. The van der Waals surface area contributed by atoms with E-state index in [9.17, 15) is 48.9 Å². The lowest BCUT2D eigenvalue weighted by molar-refractivity contribution is -0.266. The molecule has 18 nitrogen and oxygen atoms in total. The minimum absolute atomic E-state index is 0.0145. The molecular weight excluding hydrogens is 959 g/mol. The van der Waals surface area contributed by atoms with E-state index in [-0.39, 0.29) is 68.2 Å². The molecule has 1 aliphatic carbocycles. The molecule has 4 aliphatic heterocycles. The van der Waals surface area contributed by atoms with E-state index >= 15 is 0 Å². The molecule has 74 heavy (non-hydrogen) atoms. The minimum Gasteiger partial charge on any atom is -0.481 e. The smallest absolute Gasteiger partial charge is 0.329 e. The van der Waals surface area contributed by atoms with Gasteiger partial charge in [0.25, 0.3) is 11.7 Å². The number of carbonyl (C=O) groups excluding carboxylic acids is 6. The third kappa shape index (κ3) is 15.4. The lowest BCUT2D eigenvalue weighted by Crippen LogP contribution is -2.65. The molecule has 0 radical (unpaired) electrons. The van der Waals surface area contributed by atoms with E-state index in [1.807, 2.05) is 44.2 Å². The van der Waals surface area contributed by atoms with Crippen LogP contribution in [0.1, 0.15) is 125 Å². The number of amides is 1. The van der Waals surface area contributed by atoms with E-state index in [0.29, 0.717) is 63.4 Å². The lowest BCUT2D eigenvalue weighted by atomic mass is 9.68. The number of carbonyl (C=O) groups is 7. The molecule has 5 rings (SSSR count). The fourth-order valence-corrected chi connectivity index (χ4v) is 11.8. The van der Waals surface area contributed by atoms with E-state index in [4.69, 9.17) is 33.2 Å². The predicted octanol–water partition coefficient (Wildman–Crippen LogP) is 5.83. The number of allylic oxidation sites excluding steroid dienone is 6. The van der Waals surface area contributed by atoms with E-state index in [1.54, 1.807) is 48.0 Å². The average molecular weight is 1040 g/mol. The second-order valence-electron chi connectivity index (χ2n) is 21.4. The monoisotopic (exact) mass is 1040 g/mol. The SMILES string of the molecule is CO[C@H]1C[C@@H]2CC[C@@H](C)[C@@](O)(O2)C(=O)C(=O)N2CCCC3[C@H]2C(=O)O[C@@H](CC(=O)[C@H](C)/C=C(\C)[C@@H](OC(=O)CCC(=O)O)[C@@H](OC)C(=O)[C@H](C)C[C@H](C)/C=C/C=C/C=C1C)[C@H]3C[C@@H]1CC[C@@H](OCCO)[C@H](OC)C1. The molecule has 0 aromatic carbocycles. The molecule has 18 heteroatoms. The predicted molar refractivity (Wildman–Crippen MR) is 270 cm³/mol. The highest BCUT2D eigenvalue weighted by atomic mass is 16.6. The molecule has 6 bridgehead atoms. The molecule has 4 heterocycles. The summed E-state index contributed by atoms with van der Waals surface area (Å²) in [5.41, 5.74) is 1.16. The molecule has 3 saturated heterocycles. The van der Waals surface area contributed by atoms with Crippen molar-refractivity contribution in [1.82, 2.24) is 4.90 Å². The normalized spacial score (nSPS) is 38.1. The molecule has 4 fully saturated rings. The number of carboxylic acid groups (broad SMARTS) is 1. The van der Waals surface area contributed by atoms with Crippen molar-refractivity contribution >= 4 is 41.2 Å². The fraction of sp³-hybridized carbons (Fsp3) is 0.732. The first kappa shape index (κ1) is 60.4. The summed E-state index contributed by atoms with van der Waals surface area (Å²) in [6.07, 6.45) is 9.42.